The highest BCUT2D eigenvalue weighted by atomic mass is 28.3. The summed E-state index contributed by atoms with van der Waals surface area (Å²) in [5.41, 5.74) is 2.97. The van der Waals surface area contributed by atoms with Crippen molar-refractivity contribution in [3.05, 3.63) is 59.2 Å². The van der Waals surface area contributed by atoms with Crippen molar-refractivity contribution in [2.75, 3.05) is 46.3 Å². The fourth-order valence-corrected chi connectivity index (χ4v) is 5.12. The van der Waals surface area contributed by atoms with Crippen LogP contribution in [0, 0.1) is 0 Å². The van der Waals surface area contributed by atoms with Crippen molar-refractivity contribution < 1.29 is 33.5 Å². The van der Waals surface area contributed by atoms with Crippen LogP contribution in [-0.4, -0.2) is 65.3 Å². The molecule has 9 heteroatoms. The minimum absolute atomic E-state index is 0.293. The van der Waals surface area contributed by atoms with Gasteiger partial charge >= 0.3 is 0 Å². The Morgan fingerprint density at radius 1 is 0.905 bits per heavy atom. The van der Waals surface area contributed by atoms with E-state index < -0.39 is 20.0 Å². The number of aliphatic hydroxyl groups is 1. The standard InChI is InChI=1S/C33H53NO7Si/c1-33(2)40-25-29-22-28(12-15-32(29)41-33)31(35)23-34-16-8-6-7-9-17-36-18-19-37-24-27-10-13-30(14-11-27)39-26-38-20-21-42(3,4)5/h10-15,22,31,34-35H,6-9,16-21,23-26H2,1-5H3/t31-/m0/s1. The lowest BCUT2D eigenvalue weighted by Crippen LogP contribution is -2.35. The predicted molar refractivity (Wildman–Crippen MR) is 169 cm³/mol. The zero-order valence-corrected chi connectivity index (χ0v) is 27.4. The number of fused-ring (bicyclic) bond motifs is 1. The van der Waals surface area contributed by atoms with Gasteiger partial charge in [-0.3, -0.25) is 0 Å². The molecule has 0 bridgehead atoms. The lowest BCUT2D eigenvalue weighted by atomic mass is 10.0. The molecule has 1 atom stereocenters. The molecule has 1 aliphatic rings. The molecule has 0 fully saturated rings. The van der Waals surface area contributed by atoms with E-state index in [0.29, 0.717) is 39.8 Å². The largest absolute Gasteiger partial charge is 0.468 e. The Hall–Kier alpha value is -1.98. The predicted octanol–water partition coefficient (Wildman–Crippen LogP) is 6.44. The van der Waals surface area contributed by atoms with Crippen LogP contribution in [0.2, 0.25) is 25.7 Å². The van der Waals surface area contributed by atoms with E-state index in [2.05, 4.69) is 25.0 Å². The Kier molecular flexibility index (Phi) is 14.8. The fourth-order valence-electron chi connectivity index (χ4n) is 4.37. The maximum atomic E-state index is 10.5. The molecule has 0 unspecified atom stereocenters. The highest BCUT2D eigenvalue weighted by Gasteiger charge is 2.27. The summed E-state index contributed by atoms with van der Waals surface area (Å²) in [5, 5.41) is 13.9. The molecule has 1 aliphatic heterocycles. The van der Waals surface area contributed by atoms with E-state index in [1.165, 1.54) is 0 Å². The first-order valence-corrected chi connectivity index (χ1v) is 19.1. The molecule has 0 aliphatic carbocycles. The Morgan fingerprint density at radius 3 is 2.45 bits per heavy atom. The summed E-state index contributed by atoms with van der Waals surface area (Å²) >= 11 is 0. The Labute approximate surface area is 254 Å². The molecular weight excluding hydrogens is 550 g/mol. The molecule has 0 radical (unpaired) electrons. The molecule has 0 amide bonds. The molecule has 42 heavy (non-hydrogen) atoms. The second kappa shape index (κ2) is 18.0. The lowest BCUT2D eigenvalue weighted by Gasteiger charge is -2.33. The van der Waals surface area contributed by atoms with Gasteiger partial charge in [-0.2, -0.15) is 0 Å². The minimum atomic E-state index is -1.06. The highest BCUT2D eigenvalue weighted by Crippen LogP contribution is 2.32. The quantitative estimate of drug-likeness (QED) is 0.0958. The minimum Gasteiger partial charge on any atom is -0.468 e. The maximum absolute atomic E-state index is 10.5. The monoisotopic (exact) mass is 603 g/mol. The lowest BCUT2D eigenvalue weighted by molar-refractivity contribution is -0.180. The van der Waals surface area contributed by atoms with Gasteiger partial charge in [0.1, 0.15) is 11.5 Å². The van der Waals surface area contributed by atoms with Gasteiger partial charge in [0.05, 0.1) is 32.5 Å². The molecule has 1 heterocycles. The van der Waals surface area contributed by atoms with E-state index in [9.17, 15) is 5.11 Å². The number of unbranched alkanes of at least 4 members (excludes halogenated alkanes) is 3. The summed E-state index contributed by atoms with van der Waals surface area (Å²) in [6.45, 7) is 16.3. The number of ether oxygens (including phenoxy) is 6. The van der Waals surface area contributed by atoms with Gasteiger partial charge in [0.15, 0.2) is 6.79 Å². The molecule has 8 nitrogen and oxygen atoms in total. The molecule has 236 valence electrons. The molecular formula is C33H53NO7Si. The first kappa shape index (κ1) is 34.5. The van der Waals surface area contributed by atoms with E-state index in [0.717, 1.165) is 79.7 Å². The van der Waals surface area contributed by atoms with Crippen molar-refractivity contribution >= 4 is 8.07 Å². The van der Waals surface area contributed by atoms with E-state index in [-0.39, 0.29) is 0 Å². The zero-order valence-electron chi connectivity index (χ0n) is 26.4. The van der Waals surface area contributed by atoms with Crippen molar-refractivity contribution in [2.45, 2.75) is 90.3 Å². The van der Waals surface area contributed by atoms with Crippen molar-refractivity contribution in [2.24, 2.45) is 0 Å². The van der Waals surface area contributed by atoms with Crippen LogP contribution in [0.5, 0.6) is 11.5 Å². The third-order valence-corrected chi connectivity index (χ3v) is 8.70. The van der Waals surface area contributed by atoms with Gasteiger partial charge in [-0.05, 0) is 60.8 Å². The van der Waals surface area contributed by atoms with E-state index in [1.807, 2.05) is 56.3 Å². The van der Waals surface area contributed by atoms with Gasteiger partial charge in [-0.1, -0.05) is 50.7 Å². The average molecular weight is 604 g/mol. The SMILES string of the molecule is CC1(C)OCc2cc([C@@H](O)CNCCCCCCOCCOCc3ccc(OCOCC[Si](C)(C)C)cc3)ccc2O1. The molecule has 0 aromatic heterocycles. The Morgan fingerprint density at radius 2 is 1.67 bits per heavy atom. The molecule has 2 aromatic carbocycles. The summed E-state index contributed by atoms with van der Waals surface area (Å²) in [6, 6.07) is 14.9. The molecule has 0 spiro atoms. The van der Waals surface area contributed by atoms with Gasteiger partial charge in [-0.25, -0.2) is 0 Å². The first-order chi connectivity index (χ1) is 20.1. The second-order valence-electron chi connectivity index (χ2n) is 12.6. The topological polar surface area (TPSA) is 87.6 Å². The highest BCUT2D eigenvalue weighted by molar-refractivity contribution is 6.76. The van der Waals surface area contributed by atoms with Crippen molar-refractivity contribution in [3.63, 3.8) is 0 Å². The normalized spacial score (nSPS) is 15.2. The van der Waals surface area contributed by atoms with Crippen molar-refractivity contribution in [1.82, 2.24) is 5.32 Å². The number of hydrogen-bond acceptors (Lipinski definition) is 8. The molecule has 0 saturated carbocycles. The van der Waals surface area contributed by atoms with E-state index in [1.54, 1.807) is 0 Å². The summed E-state index contributed by atoms with van der Waals surface area (Å²) in [5.74, 6) is 1.03. The number of aliphatic hydroxyl groups excluding tert-OH is 1. The third-order valence-electron chi connectivity index (χ3n) is 7.00. The van der Waals surface area contributed by atoms with Crippen LogP contribution in [0.3, 0.4) is 0 Å². The zero-order chi connectivity index (χ0) is 30.3. The van der Waals surface area contributed by atoms with E-state index in [4.69, 9.17) is 28.4 Å². The van der Waals surface area contributed by atoms with Crippen molar-refractivity contribution in [3.8, 4) is 11.5 Å². The van der Waals surface area contributed by atoms with Crippen LogP contribution in [0.1, 0.15) is 62.3 Å². The summed E-state index contributed by atoms with van der Waals surface area (Å²) in [4.78, 5) is 0. The fraction of sp³-hybridized carbons (Fsp3) is 0.636. The van der Waals surface area contributed by atoms with Gasteiger partial charge in [0.25, 0.3) is 0 Å². The van der Waals surface area contributed by atoms with E-state index >= 15 is 0 Å². The Balaban J connectivity index is 1.11. The summed E-state index contributed by atoms with van der Waals surface area (Å²) in [6.07, 6.45) is 3.83. The number of benzene rings is 2. The van der Waals surface area contributed by atoms with Crippen LogP contribution in [0.4, 0.5) is 0 Å². The van der Waals surface area contributed by atoms with Gasteiger partial charge in [-0.15, -0.1) is 0 Å². The first-order valence-electron chi connectivity index (χ1n) is 15.4. The third kappa shape index (κ3) is 14.0. The van der Waals surface area contributed by atoms with Crippen LogP contribution in [0.15, 0.2) is 42.5 Å². The molecule has 2 N–H and O–H groups in total. The van der Waals surface area contributed by atoms with Crippen LogP contribution in [0.25, 0.3) is 0 Å². The number of hydrogen-bond donors (Lipinski definition) is 2. The number of nitrogens with one attached hydrogen (secondary N) is 1. The summed E-state index contributed by atoms with van der Waals surface area (Å²) in [7, 11) is -1.06. The molecule has 0 saturated heterocycles. The smallest absolute Gasteiger partial charge is 0.205 e. The van der Waals surface area contributed by atoms with Gasteiger partial charge < -0.3 is 38.8 Å². The Bertz CT molecular complexity index is 1030. The van der Waals surface area contributed by atoms with Crippen LogP contribution in [-0.2, 0) is 32.2 Å². The second-order valence-corrected chi connectivity index (χ2v) is 18.2. The summed E-state index contributed by atoms with van der Waals surface area (Å²) < 4.78 is 34.2. The average Bonchev–Trinajstić information content (AvgIpc) is 2.94. The van der Waals surface area contributed by atoms with Gasteiger partial charge in [0.2, 0.25) is 5.79 Å². The molecule has 3 rings (SSSR count). The number of rotatable bonds is 21. The maximum Gasteiger partial charge on any atom is 0.205 e. The molecule has 2 aromatic rings. The van der Waals surface area contributed by atoms with Crippen LogP contribution < -0.4 is 14.8 Å². The van der Waals surface area contributed by atoms with Crippen molar-refractivity contribution in [1.29, 1.82) is 0 Å². The van der Waals surface area contributed by atoms with Gasteiger partial charge in [0, 0.05) is 47.2 Å². The van der Waals surface area contributed by atoms with Crippen LogP contribution >= 0.6 is 0 Å².